The molecule has 108 valence electrons. The molecular formula is C13H24F3NO. The molecule has 0 aromatic heterocycles. The van der Waals surface area contributed by atoms with E-state index >= 15 is 0 Å². The molecule has 0 spiro atoms. The van der Waals surface area contributed by atoms with Crippen LogP contribution in [0.3, 0.4) is 0 Å². The van der Waals surface area contributed by atoms with Gasteiger partial charge in [0.25, 0.3) is 0 Å². The zero-order valence-corrected chi connectivity index (χ0v) is 11.2. The van der Waals surface area contributed by atoms with E-state index in [0.29, 0.717) is 12.3 Å². The van der Waals surface area contributed by atoms with E-state index in [9.17, 15) is 18.3 Å². The number of rotatable bonds is 5. The maximum absolute atomic E-state index is 12.2. The average Bonchev–Trinajstić information content (AvgIpc) is 2.28. The van der Waals surface area contributed by atoms with E-state index in [2.05, 4.69) is 6.92 Å². The highest BCUT2D eigenvalue weighted by Crippen LogP contribution is 2.31. The highest BCUT2D eigenvalue weighted by molar-refractivity contribution is 4.85. The molecule has 1 fully saturated rings. The van der Waals surface area contributed by atoms with Crippen molar-refractivity contribution in [2.24, 2.45) is 5.92 Å². The maximum Gasteiger partial charge on any atom is 0.390 e. The lowest BCUT2D eigenvalue weighted by Gasteiger charge is -2.39. The summed E-state index contributed by atoms with van der Waals surface area (Å²) in [5.74, 6) is 0.553. The Hall–Kier alpha value is -0.290. The van der Waals surface area contributed by atoms with Crippen molar-refractivity contribution in [1.29, 1.82) is 0 Å². The molecule has 1 saturated carbocycles. The SMILES string of the molecule is CCCC1CCC(O)C(N(C)CCC(F)(F)F)C1. The van der Waals surface area contributed by atoms with Gasteiger partial charge in [-0.25, -0.2) is 0 Å². The number of hydrogen-bond donors (Lipinski definition) is 1. The first kappa shape index (κ1) is 15.8. The van der Waals surface area contributed by atoms with Crippen LogP contribution in [0.1, 0.15) is 45.4 Å². The van der Waals surface area contributed by atoms with E-state index < -0.39 is 18.7 Å². The van der Waals surface area contributed by atoms with Gasteiger partial charge in [0.2, 0.25) is 0 Å². The van der Waals surface area contributed by atoms with Crippen LogP contribution in [0.4, 0.5) is 13.2 Å². The van der Waals surface area contributed by atoms with Gasteiger partial charge < -0.3 is 10.0 Å². The Morgan fingerprint density at radius 1 is 1.28 bits per heavy atom. The molecule has 0 heterocycles. The summed E-state index contributed by atoms with van der Waals surface area (Å²) in [6.07, 6.45) is -0.651. The fourth-order valence-corrected chi connectivity index (χ4v) is 2.83. The maximum atomic E-state index is 12.2. The van der Waals surface area contributed by atoms with Crippen LogP contribution < -0.4 is 0 Å². The molecule has 0 aliphatic heterocycles. The van der Waals surface area contributed by atoms with Crippen molar-refractivity contribution < 1.29 is 18.3 Å². The smallest absolute Gasteiger partial charge is 0.390 e. The summed E-state index contributed by atoms with van der Waals surface area (Å²) >= 11 is 0. The molecule has 2 nitrogen and oxygen atoms in total. The van der Waals surface area contributed by atoms with Gasteiger partial charge in [-0.05, 0) is 32.2 Å². The Bertz CT molecular complexity index is 245. The lowest BCUT2D eigenvalue weighted by molar-refractivity contribution is -0.140. The second kappa shape index (κ2) is 6.75. The number of aliphatic hydroxyl groups excluding tert-OH is 1. The number of hydrogen-bond acceptors (Lipinski definition) is 2. The van der Waals surface area contributed by atoms with Gasteiger partial charge in [0.1, 0.15) is 0 Å². The number of halogens is 3. The van der Waals surface area contributed by atoms with Crippen molar-refractivity contribution in [3.05, 3.63) is 0 Å². The van der Waals surface area contributed by atoms with Gasteiger partial charge in [-0.15, -0.1) is 0 Å². The summed E-state index contributed by atoms with van der Waals surface area (Å²) in [4.78, 5) is 1.68. The Labute approximate surface area is 107 Å². The van der Waals surface area contributed by atoms with Gasteiger partial charge >= 0.3 is 6.18 Å². The van der Waals surface area contributed by atoms with Gasteiger partial charge in [-0.3, -0.25) is 0 Å². The zero-order chi connectivity index (χ0) is 13.8. The number of likely N-dealkylation sites (N-methyl/N-ethyl adjacent to an activating group) is 1. The molecule has 18 heavy (non-hydrogen) atoms. The Balaban J connectivity index is 2.45. The van der Waals surface area contributed by atoms with Crippen molar-refractivity contribution in [3.63, 3.8) is 0 Å². The molecule has 5 heteroatoms. The molecule has 0 bridgehead atoms. The summed E-state index contributed by atoms with van der Waals surface area (Å²) in [5.41, 5.74) is 0. The van der Waals surface area contributed by atoms with Gasteiger partial charge in [-0.1, -0.05) is 19.8 Å². The van der Waals surface area contributed by atoms with Gasteiger partial charge in [0.05, 0.1) is 12.5 Å². The van der Waals surface area contributed by atoms with Crippen molar-refractivity contribution >= 4 is 0 Å². The van der Waals surface area contributed by atoms with Gasteiger partial charge in [0.15, 0.2) is 0 Å². The normalized spacial score (nSPS) is 29.8. The third-order valence-corrected chi connectivity index (χ3v) is 3.90. The van der Waals surface area contributed by atoms with Crippen LogP contribution >= 0.6 is 0 Å². The third-order valence-electron chi connectivity index (χ3n) is 3.90. The largest absolute Gasteiger partial charge is 0.391 e. The third kappa shape index (κ3) is 5.14. The minimum Gasteiger partial charge on any atom is -0.391 e. The summed E-state index contributed by atoms with van der Waals surface area (Å²) in [6, 6.07) is -0.113. The van der Waals surface area contributed by atoms with E-state index in [4.69, 9.17) is 0 Å². The lowest BCUT2D eigenvalue weighted by Crippen LogP contribution is -2.46. The van der Waals surface area contributed by atoms with Crippen LogP contribution in [-0.4, -0.2) is 41.9 Å². The van der Waals surface area contributed by atoms with E-state index in [0.717, 1.165) is 25.7 Å². The second-order valence-electron chi connectivity index (χ2n) is 5.45. The summed E-state index contributed by atoms with van der Waals surface area (Å²) < 4.78 is 36.6. The minimum absolute atomic E-state index is 0.0237. The quantitative estimate of drug-likeness (QED) is 0.827. The fraction of sp³-hybridized carbons (Fsp3) is 1.00. The lowest BCUT2D eigenvalue weighted by atomic mass is 9.81. The van der Waals surface area contributed by atoms with Gasteiger partial charge in [-0.2, -0.15) is 13.2 Å². The Morgan fingerprint density at radius 2 is 1.94 bits per heavy atom. The molecule has 3 atom stereocenters. The fourth-order valence-electron chi connectivity index (χ4n) is 2.83. The molecule has 1 N–H and O–H groups in total. The molecule has 3 unspecified atom stereocenters. The van der Waals surface area contributed by atoms with Crippen LogP contribution in [0, 0.1) is 5.92 Å². The Morgan fingerprint density at radius 3 is 2.50 bits per heavy atom. The predicted octanol–water partition coefficient (Wildman–Crippen LogP) is 3.20. The molecule has 0 amide bonds. The molecule has 1 aliphatic rings. The summed E-state index contributed by atoms with van der Waals surface area (Å²) in [7, 11) is 1.69. The first-order valence-electron chi connectivity index (χ1n) is 6.78. The molecule has 1 rings (SSSR count). The minimum atomic E-state index is -4.11. The van der Waals surface area contributed by atoms with E-state index in [1.807, 2.05) is 0 Å². The van der Waals surface area contributed by atoms with Crippen LogP contribution in [0.5, 0.6) is 0 Å². The number of alkyl halides is 3. The number of aliphatic hydroxyl groups is 1. The second-order valence-corrected chi connectivity index (χ2v) is 5.45. The van der Waals surface area contributed by atoms with Crippen LogP contribution in [-0.2, 0) is 0 Å². The van der Waals surface area contributed by atoms with Crippen molar-refractivity contribution in [2.45, 2.75) is 63.8 Å². The molecule has 0 aromatic rings. The average molecular weight is 267 g/mol. The van der Waals surface area contributed by atoms with Crippen molar-refractivity contribution in [1.82, 2.24) is 4.90 Å². The summed E-state index contributed by atoms with van der Waals surface area (Å²) in [5, 5.41) is 9.93. The van der Waals surface area contributed by atoms with Crippen LogP contribution in [0.15, 0.2) is 0 Å². The summed E-state index contributed by atoms with van der Waals surface area (Å²) in [6.45, 7) is 2.09. The van der Waals surface area contributed by atoms with E-state index in [1.165, 1.54) is 0 Å². The molecule has 0 aromatic carbocycles. The Kier molecular flexibility index (Phi) is 5.92. The first-order chi connectivity index (χ1) is 8.33. The van der Waals surface area contributed by atoms with E-state index in [-0.39, 0.29) is 12.6 Å². The predicted molar refractivity (Wildman–Crippen MR) is 65.3 cm³/mol. The number of nitrogens with zero attached hydrogens (tertiary/aromatic N) is 1. The molecule has 0 saturated heterocycles. The molecular weight excluding hydrogens is 243 g/mol. The van der Waals surface area contributed by atoms with Crippen LogP contribution in [0.25, 0.3) is 0 Å². The van der Waals surface area contributed by atoms with Gasteiger partial charge in [0, 0.05) is 12.6 Å². The standard InChI is InChI=1S/C13H24F3NO/c1-3-4-10-5-6-12(18)11(9-10)17(2)8-7-13(14,15)16/h10-12,18H,3-9H2,1-2H3. The van der Waals surface area contributed by atoms with Crippen LogP contribution in [0.2, 0.25) is 0 Å². The highest BCUT2D eigenvalue weighted by atomic mass is 19.4. The monoisotopic (exact) mass is 267 g/mol. The first-order valence-corrected chi connectivity index (χ1v) is 6.78. The van der Waals surface area contributed by atoms with E-state index in [1.54, 1.807) is 11.9 Å². The zero-order valence-electron chi connectivity index (χ0n) is 11.2. The topological polar surface area (TPSA) is 23.5 Å². The van der Waals surface area contributed by atoms with Crippen molar-refractivity contribution in [3.8, 4) is 0 Å². The molecule has 1 aliphatic carbocycles. The highest BCUT2D eigenvalue weighted by Gasteiger charge is 2.34. The van der Waals surface area contributed by atoms with Crippen molar-refractivity contribution in [2.75, 3.05) is 13.6 Å². The molecule has 0 radical (unpaired) electrons.